The average molecular weight is 237 g/mol. The molecule has 0 fully saturated rings. The zero-order chi connectivity index (χ0) is 13.8. The predicted molar refractivity (Wildman–Crippen MR) is 78.6 cm³/mol. The van der Waals surface area contributed by atoms with Crippen molar-refractivity contribution in [1.29, 1.82) is 0 Å². The Hall–Kier alpha value is -1.48. The number of nitrogens with zero attached hydrogens (tertiary/aromatic N) is 1. The van der Waals surface area contributed by atoms with Crippen molar-refractivity contribution in [3.63, 3.8) is 0 Å². The van der Waals surface area contributed by atoms with Crippen LogP contribution in [0.15, 0.2) is 30.6 Å². The Bertz CT molecular complexity index is 319. The molecule has 0 heterocycles. The number of hydrogen-bond donors (Lipinski definition) is 2. The van der Waals surface area contributed by atoms with Gasteiger partial charge in [0.05, 0.1) is 5.69 Å². The number of aryl methyl sites for hydroxylation is 1. The number of anilines is 1. The minimum atomic E-state index is 0.974. The molecule has 0 bridgehead atoms. The highest BCUT2D eigenvalue weighted by Crippen LogP contribution is 2.20. The summed E-state index contributed by atoms with van der Waals surface area (Å²) < 4.78 is 0. The van der Waals surface area contributed by atoms with Crippen LogP contribution < -0.4 is 16.6 Å². The van der Waals surface area contributed by atoms with E-state index in [0.29, 0.717) is 0 Å². The first-order chi connectivity index (χ1) is 8.16. The van der Waals surface area contributed by atoms with Gasteiger partial charge in [-0.3, -0.25) is 5.01 Å². The van der Waals surface area contributed by atoms with Gasteiger partial charge in [0, 0.05) is 12.4 Å². The number of nitrogens with two attached hydrogens (primary N) is 2. The third-order valence-electron chi connectivity index (χ3n) is 2.10. The summed E-state index contributed by atoms with van der Waals surface area (Å²) in [4.78, 5) is 0. The topological polar surface area (TPSA) is 55.3 Å². The van der Waals surface area contributed by atoms with Gasteiger partial charge in [0.2, 0.25) is 0 Å². The minimum absolute atomic E-state index is 0.974. The van der Waals surface area contributed by atoms with Gasteiger partial charge in [0.1, 0.15) is 0 Å². The van der Waals surface area contributed by atoms with Crippen molar-refractivity contribution in [2.75, 3.05) is 5.01 Å². The zero-order valence-corrected chi connectivity index (χ0v) is 12.0. The van der Waals surface area contributed by atoms with E-state index in [1.165, 1.54) is 22.3 Å². The van der Waals surface area contributed by atoms with Crippen molar-refractivity contribution in [3.8, 4) is 0 Å². The second-order valence-electron chi connectivity index (χ2n) is 2.97. The second-order valence-corrected chi connectivity index (χ2v) is 2.97. The summed E-state index contributed by atoms with van der Waals surface area (Å²) in [5.74, 6) is 5.74. The van der Waals surface area contributed by atoms with Crippen LogP contribution in [-0.2, 0) is 0 Å². The Morgan fingerprint density at radius 3 is 2.06 bits per heavy atom. The molecule has 0 aliphatic rings. The molecule has 0 saturated carbocycles. The molecular weight excluding hydrogens is 210 g/mol. The number of rotatable bonds is 2. The normalized spacial score (nSPS) is 8.88. The van der Waals surface area contributed by atoms with Gasteiger partial charge in [0.25, 0.3) is 0 Å². The fourth-order valence-electron chi connectivity index (χ4n) is 1.19. The highest BCUT2D eigenvalue weighted by atomic mass is 15.4. The van der Waals surface area contributed by atoms with Crippen molar-refractivity contribution in [1.82, 2.24) is 0 Å². The molecule has 17 heavy (non-hydrogen) atoms. The van der Waals surface area contributed by atoms with Crippen LogP contribution in [0.25, 0.3) is 0 Å². The maximum Gasteiger partial charge on any atom is 0.0600 e. The Morgan fingerprint density at radius 1 is 1.06 bits per heavy atom. The van der Waals surface area contributed by atoms with E-state index in [1.807, 2.05) is 46.8 Å². The van der Waals surface area contributed by atoms with Crippen molar-refractivity contribution in [2.24, 2.45) is 11.6 Å². The van der Waals surface area contributed by atoms with Gasteiger partial charge in [-0.15, -0.1) is 0 Å². The lowest BCUT2D eigenvalue weighted by Gasteiger charge is -2.17. The Kier molecular flexibility index (Phi) is 11.6. The van der Waals surface area contributed by atoms with Crippen molar-refractivity contribution >= 4 is 5.69 Å². The summed E-state index contributed by atoms with van der Waals surface area (Å²) in [6.45, 7) is 12.1. The van der Waals surface area contributed by atoms with Crippen molar-refractivity contribution in [3.05, 3.63) is 41.7 Å². The van der Waals surface area contributed by atoms with Crippen LogP contribution in [-0.4, -0.2) is 0 Å². The molecule has 0 atom stereocenters. The molecule has 0 spiro atoms. The van der Waals surface area contributed by atoms with Gasteiger partial charge >= 0.3 is 0 Å². The summed E-state index contributed by atoms with van der Waals surface area (Å²) in [5, 5.41) is 1.52. The third kappa shape index (κ3) is 5.97. The molecule has 0 radical (unpaired) electrons. The first kappa shape index (κ1) is 17.9. The molecule has 4 N–H and O–H groups in total. The van der Waals surface area contributed by atoms with E-state index in [0.717, 1.165) is 5.69 Å². The standard InChI is InChI=1S/C10H15N3.2C2H6/c1-8-4-3-5-10(9(8)2)13(12)7-6-11;2*1-2/h3-7H,11-12H2,1-2H3;2*1-2H3/b7-6-;;. The maximum absolute atomic E-state index is 5.74. The van der Waals surface area contributed by atoms with Crippen molar-refractivity contribution < 1.29 is 0 Å². The molecule has 1 aromatic carbocycles. The fraction of sp³-hybridized carbons (Fsp3) is 0.429. The second kappa shape index (κ2) is 11.0. The third-order valence-corrected chi connectivity index (χ3v) is 2.10. The Labute approximate surface area is 106 Å². The summed E-state index contributed by atoms with van der Waals surface area (Å²) in [6, 6.07) is 5.99. The van der Waals surface area contributed by atoms with Crippen LogP contribution in [0.5, 0.6) is 0 Å². The van der Waals surface area contributed by atoms with Crippen LogP contribution in [0, 0.1) is 13.8 Å². The van der Waals surface area contributed by atoms with Crippen molar-refractivity contribution in [2.45, 2.75) is 41.5 Å². The lowest BCUT2D eigenvalue weighted by molar-refractivity contribution is 1.05. The predicted octanol–water partition coefficient (Wildman–Crippen LogP) is 3.47. The van der Waals surface area contributed by atoms with E-state index < -0.39 is 0 Å². The maximum atomic E-state index is 5.74. The molecule has 3 heteroatoms. The number of hydrogen-bond acceptors (Lipinski definition) is 3. The van der Waals surface area contributed by atoms with E-state index in [-0.39, 0.29) is 0 Å². The zero-order valence-electron chi connectivity index (χ0n) is 12.0. The SMILES string of the molecule is CC.CC.Cc1cccc(N(N)/C=C\N)c1C. The summed E-state index contributed by atoms with van der Waals surface area (Å²) in [5.41, 5.74) is 8.62. The van der Waals surface area contributed by atoms with Gasteiger partial charge in [-0.05, 0) is 31.0 Å². The first-order valence-electron chi connectivity index (χ1n) is 6.15. The molecule has 0 saturated heterocycles. The van der Waals surface area contributed by atoms with Crippen LogP contribution in [0.4, 0.5) is 5.69 Å². The molecule has 98 valence electrons. The fourth-order valence-corrected chi connectivity index (χ4v) is 1.19. The monoisotopic (exact) mass is 237 g/mol. The smallest absolute Gasteiger partial charge is 0.0600 e. The minimum Gasteiger partial charge on any atom is -0.403 e. The molecule has 3 nitrogen and oxygen atoms in total. The van der Waals surface area contributed by atoms with Crippen LogP contribution in [0.2, 0.25) is 0 Å². The summed E-state index contributed by atoms with van der Waals surface area (Å²) in [6.07, 6.45) is 3.05. The first-order valence-corrected chi connectivity index (χ1v) is 6.15. The van der Waals surface area contributed by atoms with Gasteiger partial charge in [0.15, 0.2) is 0 Å². The highest BCUT2D eigenvalue weighted by molar-refractivity contribution is 5.56. The molecule has 1 rings (SSSR count). The summed E-state index contributed by atoms with van der Waals surface area (Å²) >= 11 is 0. The number of hydrazine groups is 1. The molecular formula is C14H27N3. The quantitative estimate of drug-likeness (QED) is 0.611. The van der Waals surface area contributed by atoms with E-state index in [1.54, 1.807) is 6.20 Å². The van der Waals surface area contributed by atoms with E-state index in [4.69, 9.17) is 11.6 Å². The van der Waals surface area contributed by atoms with Gasteiger partial charge in [-0.25, -0.2) is 5.84 Å². The van der Waals surface area contributed by atoms with Gasteiger partial charge < -0.3 is 5.73 Å². The molecule has 0 amide bonds. The van der Waals surface area contributed by atoms with Crippen LogP contribution >= 0.6 is 0 Å². The van der Waals surface area contributed by atoms with Gasteiger partial charge in [-0.1, -0.05) is 39.8 Å². The lowest BCUT2D eigenvalue weighted by atomic mass is 10.1. The Balaban J connectivity index is 0. The molecule has 0 aromatic heterocycles. The lowest BCUT2D eigenvalue weighted by Crippen LogP contribution is -2.25. The van der Waals surface area contributed by atoms with E-state index >= 15 is 0 Å². The molecule has 0 aliphatic heterocycles. The molecule has 0 aliphatic carbocycles. The van der Waals surface area contributed by atoms with E-state index in [2.05, 4.69) is 13.0 Å². The number of benzene rings is 1. The van der Waals surface area contributed by atoms with Crippen LogP contribution in [0.3, 0.4) is 0 Å². The summed E-state index contributed by atoms with van der Waals surface area (Å²) in [7, 11) is 0. The Morgan fingerprint density at radius 2 is 1.59 bits per heavy atom. The highest BCUT2D eigenvalue weighted by Gasteiger charge is 2.02. The largest absolute Gasteiger partial charge is 0.403 e. The van der Waals surface area contributed by atoms with Gasteiger partial charge in [-0.2, -0.15) is 0 Å². The molecule has 1 aromatic rings. The van der Waals surface area contributed by atoms with Crippen LogP contribution in [0.1, 0.15) is 38.8 Å². The molecule has 0 unspecified atom stereocenters. The van der Waals surface area contributed by atoms with E-state index in [9.17, 15) is 0 Å². The average Bonchev–Trinajstić information content (AvgIpc) is 2.38.